The summed E-state index contributed by atoms with van der Waals surface area (Å²) in [5, 5.41) is 6.46. The molecule has 4 nitrogen and oxygen atoms in total. The van der Waals surface area contributed by atoms with Crippen LogP contribution in [0.1, 0.15) is 24.8 Å². The van der Waals surface area contributed by atoms with E-state index < -0.39 is 0 Å². The highest BCUT2D eigenvalue weighted by molar-refractivity contribution is 5.95. The number of anilines is 1. The first-order chi connectivity index (χ1) is 9.77. The van der Waals surface area contributed by atoms with Crippen molar-refractivity contribution in [2.75, 3.05) is 25.0 Å². The van der Waals surface area contributed by atoms with Crippen LogP contribution in [0.5, 0.6) is 5.75 Å². The highest BCUT2D eigenvalue weighted by Crippen LogP contribution is 2.58. The minimum absolute atomic E-state index is 0. The van der Waals surface area contributed by atoms with Gasteiger partial charge in [-0.05, 0) is 61.5 Å². The van der Waals surface area contributed by atoms with E-state index in [1.54, 1.807) is 0 Å². The summed E-state index contributed by atoms with van der Waals surface area (Å²) in [6.07, 6.45) is 4.29. The number of ether oxygens (including phenoxy) is 1. The molecule has 1 saturated heterocycles. The molecule has 1 unspecified atom stereocenters. The summed E-state index contributed by atoms with van der Waals surface area (Å²) in [4.78, 5) is 12.4. The van der Waals surface area contributed by atoms with Gasteiger partial charge in [-0.2, -0.15) is 0 Å². The molecular weight excluding hydrogens is 288 g/mol. The fourth-order valence-electron chi connectivity index (χ4n) is 3.69. The van der Waals surface area contributed by atoms with Gasteiger partial charge in [-0.1, -0.05) is 0 Å². The number of carbonyl (C=O) groups excluding carboxylic acids is 1. The maximum atomic E-state index is 12.4. The zero-order chi connectivity index (χ0) is 13.6. The highest BCUT2D eigenvalue weighted by atomic mass is 35.5. The maximum Gasteiger partial charge on any atom is 0.228 e. The third kappa shape index (κ3) is 2.62. The summed E-state index contributed by atoms with van der Waals surface area (Å²) in [5.41, 5.74) is 2.42. The van der Waals surface area contributed by atoms with Gasteiger partial charge in [0, 0.05) is 18.0 Å². The van der Waals surface area contributed by atoms with E-state index in [1.807, 2.05) is 12.1 Å². The molecule has 21 heavy (non-hydrogen) atoms. The number of benzene rings is 1. The zero-order valence-corrected chi connectivity index (χ0v) is 12.8. The van der Waals surface area contributed by atoms with Crippen LogP contribution in [0.4, 0.5) is 5.69 Å². The van der Waals surface area contributed by atoms with Gasteiger partial charge in [-0.15, -0.1) is 12.4 Å². The van der Waals surface area contributed by atoms with Crippen molar-refractivity contribution in [3.05, 3.63) is 23.8 Å². The second-order valence-corrected chi connectivity index (χ2v) is 6.28. The Hall–Kier alpha value is -1.26. The summed E-state index contributed by atoms with van der Waals surface area (Å²) in [6, 6.07) is 5.96. The van der Waals surface area contributed by atoms with Crippen LogP contribution in [-0.2, 0) is 11.2 Å². The largest absolute Gasteiger partial charge is 0.493 e. The third-order valence-electron chi connectivity index (χ3n) is 5.06. The SMILES string of the molecule is Cl.O=C(Nc1ccc2c(c1)CCO2)C1CC12CCNCC2. The van der Waals surface area contributed by atoms with E-state index in [1.165, 1.54) is 5.56 Å². The molecule has 1 spiro atoms. The van der Waals surface area contributed by atoms with Crippen LogP contribution in [0.2, 0.25) is 0 Å². The fraction of sp³-hybridized carbons (Fsp3) is 0.562. The molecule has 114 valence electrons. The van der Waals surface area contributed by atoms with Crippen molar-refractivity contribution in [1.82, 2.24) is 5.32 Å². The van der Waals surface area contributed by atoms with E-state index in [0.29, 0.717) is 5.41 Å². The van der Waals surface area contributed by atoms with Crippen molar-refractivity contribution in [3.8, 4) is 5.75 Å². The summed E-state index contributed by atoms with van der Waals surface area (Å²) < 4.78 is 5.49. The maximum absolute atomic E-state index is 12.4. The molecular formula is C16H21ClN2O2. The molecule has 1 aromatic rings. The molecule has 2 heterocycles. The average molecular weight is 309 g/mol. The van der Waals surface area contributed by atoms with E-state index in [4.69, 9.17) is 4.74 Å². The van der Waals surface area contributed by atoms with Gasteiger partial charge >= 0.3 is 0 Å². The van der Waals surface area contributed by atoms with Gasteiger partial charge in [-0.25, -0.2) is 0 Å². The lowest BCUT2D eigenvalue weighted by Gasteiger charge is -2.23. The average Bonchev–Trinajstić information content (AvgIpc) is 2.96. The quantitative estimate of drug-likeness (QED) is 0.882. The summed E-state index contributed by atoms with van der Waals surface area (Å²) >= 11 is 0. The Morgan fingerprint density at radius 2 is 2.14 bits per heavy atom. The molecule has 1 atom stereocenters. The topological polar surface area (TPSA) is 50.4 Å². The van der Waals surface area contributed by atoms with Crippen molar-refractivity contribution < 1.29 is 9.53 Å². The van der Waals surface area contributed by atoms with Crippen LogP contribution in [0.25, 0.3) is 0 Å². The number of piperidine rings is 1. The summed E-state index contributed by atoms with van der Waals surface area (Å²) in [7, 11) is 0. The molecule has 2 N–H and O–H groups in total. The lowest BCUT2D eigenvalue weighted by molar-refractivity contribution is -0.118. The number of hydrogen-bond donors (Lipinski definition) is 2. The minimum Gasteiger partial charge on any atom is -0.493 e. The van der Waals surface area contributed by atoms with Crippen LogP contribution in [0, 0.1) is 11.3 Å². The first-order valence-electron chi connectivity index (χ1n) is 7.54. The Kier molecular flexibility index (Phi) is 3.84. The Bertz CT molecular complexity index is 555. The standard InChI is InChI=1S/C16H20N2O2.ClH/c19-15(13-10-16(13)4-6-17-7-5-16)18-12-1-2-14-11(9-12)3-8-20-14;/h1-2,9,13,17H,3-8,10H2,(H,18,19);1H. The molecule has 1 aliphatic carbocycles. The molecule has 4 rings (SSSR count). The second-order valence-electron chi connectivity index (χ2n) is 6.28. The van der Waals surface area contributed by atoms with Gasteiger partial charge in [-0.3, -0.25) is 4.79 Å². The Morgan fingerprint density at radius 1 is 1.33 bits per heavy atom. The lowest BCUT2D eigenvalue weighted by atomic mass is 9.92. The molecule has 3 aliphatic rings. The lowest BCUT2D eigenvalue weighted by Crippen LogP contribution is -2.31. The molecule has 1 saturated carbocycles. The number of fused-ring (bicyclic) bond motifs is 1. The van der Waals surface area contributed by atoms with Gasteiger partial charge < -0.3 is 15.4 Å². The Labute approximate surface area is 131 Å². The molecule has 2 fully saturated rings. The number of amides is 1. The van der Waals surface area contributed by atoms with Crippen LogP contribution < -0.4 is 15.4 Å². The molecule has 1 amide bonds. The summed E-state index contributed by atoms with van der Waals surface area (Å²) in [6.45, 7) is 2.87. The first kappa shape index (κ1) is 14.7. The van der Waals surface area contributed by atoms with Crippen LogP contribution in [-0.4, -0.2) is 25.6 Å². The van der Waals surface area contributed by atoms with Gasteiger partial charge in [0.25, 0.3) is 0 Å². The van der Waals surface area contributed by atoms with Crippen LogP contribution in [0.15, 0.2) is 18.2 Å². The Balaban J connectivity index is 0.00000132. The molecule has 0 aromatic heterocycles. The molecule has 0 radical (unpaired) electrons. The Morgan fingerprint density at radius 3 is 2.95 bits per heavy atom. The third-order valence-corrected chi connectivity index (χ3v) is 5.06. The smallest absolute Gasteiger partial charge is 0.228 e. The second kappa shape index (κ2) is 5.50. The molecule has 2 aliphatic heterocycles. The van der Waals surface area contributed by atoms with Gasteiger partial charge in [0.2, 0.25) is 5.91 Å². The minimum atomic E-state index is 0. The normalized spacial score (nSPS) is 24.7. The van der Waals surface area contributed by atoms with E-state index in [9.17, 15) is 4.79 Å². The van der Waals surface area contributed by atoms with Crippen LogP contribution in [0.3, 0.4) is 0 Å². The van der Waals surface area contributed by atoms with Crippen molar-refractivity contribution >= 4 is 24.0 Å². The van der Waals surface area contributed by atoms with E-state index in [0.717, 1.165) is 56.8 Å². The number of halogens is 1. The number of carbonyl (C=O) groups is 1. The van der Waals surface area contributed by atoms with Crippen molar-refractivity contribution in [2.24, 2.45) is 11.3 Å². The predicted molar refractivity (Wildman–Crippen MR) is 84.2 cm³/mol. The van der Waals surface area contributed by atoms with E-state index in [-0.39, 0.29) is 24.2 Å². The summed E-state index contributed by atoms with van der Waals surface area (Å²) in [5.74, 6) is 1.38. The monoisotopic (exact) mass is 308 g/mol. The van der Waals surface area contributed by atoms with Crippen molar-refractivity contribution in [3.63, 3.8) is 0 Å². The molecule has 1 aromatic carbocycles. The molecule has 0 bridgehead atoms. The predicted octanol–water partition coefficient (Wildman–Crippen LogP) is 2.37. The fourth-order valence-corrected chi connectivity index (χ4v) is 3.69. The number of nitrogens with one attached hydrogen (secondary N) is 2. The highest BCUT2D eigenvalue weighted by Gasteiger charge is 2.57. The number of hydrogen-bond acceptors (Lipinski definition) is 3. The van der Waals surface area contributed by atoms with Gasteiger partial charge in [0.15, 0.2) is 0 Å². The molecule has 5 heteroatoms. The van der Waals surface area contributed by atoms with Crippen LogP contribution >= 0.6 is 12.4 Å². The zero-order valence-electron chi connectivity index (χ0n) is 12.0. The van der Waals surface area contributed by atoms with Crippen molar-refractivity contribution in [1.29, 1.82) is 0 Å². The van der Waals surface area contributed by atoms with Gasteiger partial charge in [0.05, 0.1) is 6.61 Å². The van der Waals surface area contributed by atoms with Crippen molar-refractivity contribution in [2.45, 2.75) is 25.7 Å². The number of rotatable bonds is 2. The van der Waals surface area contributed by atoms with E-state index >= 15 is 0 Å². The van der Waals surface area contributed by atoms with E-state index in [2.05, 4.69) is 16.7 Å². The first-order valence-corrected chi connectivity index (χ1v) is 7.54. The van der Waals surface area contributed by atoms with Gasteiger partial charge in [0.1, 0.15) is 5.75 Å².